The fraction of sp³-hybridized carbons (Fsp3) is 0.571. The molecule has 2 atom stereocenters. The molecule has 26 heavy (non-hydrogen) atoms. The summed E-state index contributed by atoms with van der Waals surface area (Å²) in [4.78, 5) is 12.5. The topological polar surface area (TPSA) is 63.5 Å². The lowest BCUT2D eigenvalue weighted by Crippen LogP contribution is -2.50. The van der Waals surface area contributed by atoms with Gasteiger partial charge in [-0.2, -0.15) is 0 Å². The maximum atomic E-state index is 12.5. The molecule has 5 nitrogen and oxygen atoms in total. The van der Waals surface area contributed by atoms with Crippen LogP contribution in [0, 0.1) is 6.92 Å². The minimum Gasteiger partial charge on any atom is -0.459 e. The van der Waals surface area contributed by atoms with E-state index in [4.69, 9.17) is 9.15 Å². The summed E-state index contributed by atoms with van der Waals surface area (Å²) in [6, 6.07) is 7.86. The van der Waals surface area contributed by atoms with E-state index in [0.29, 0.717) is 0 Å². The Labute approximate surface area is 154 Å². The number of ether oxygens (including phenoxy) is 1. The third-order valence-corrected chi connectivity index (χ3v) is 5.96. The number of aryl methyl sites for hydroxylation is 1. The van der Waals surface area contributed by atoms with Crippen molar-refractivity contribution in [1.82, 2.24) is 10.6 Å². The number of hydrogen-bond donors (Lipinski definition) is 2. The Balaban J connectivity index is 1.38. The summed E-state index contributed by atoms with van der Waals surface area (Å²) >= 11 is 0. The van der Waals surface area contributed by atoms with Crippen LogP contribution in [0.5, 0.6) is 0 Å². The van der Waals surface area contributed by atoms with Gasteiger partial charge >= 0.3 is 6.03 Å². The Morgan fingerprint density at radius 3 is 2.81 bits per heavy atom. The second kappa shape index (κ2) is 6.95. The first-order valence-electron chi connectivity index (χ1n) is 9.75. The van der Waals surface area contributed by atoms with Crippen LogP contribution < -0.4 is 10.6 Å². The Morgan fingerprint density at radius 1 is 1.27 bits per heavy atom. The molecular formula is C21H28N2O3. The van der Waals surface area contributed by atoms with E-state index in [0.717, 1.165) is 54.6 Å². The molecule has 1 aromatic carbocycles. The second-order valence-electron chi connectivity index (χ2n) is 7.86. The van der Waals surface area contributed by atoms with Gasteiger partial charge in [-0.05, 0) is 45.6 Å². The van der Waals surface area contributed by atoms with E-state index in [1.54, 1.807) is 0 Å². The summed E-state index contributed by atoms with van der Waals surface area (Å²) in [6.45, 7) is 4.75. The lowest BCUT2D eigenvalue weighted by Gasteiger charge is -2.38. The average molecular weight is 356 g/mol. The molecule has 2 N–H and O–H groups in total. The van der Waals surface area contributed by atoms with Gasteiger partial charge in [0.1, 0.15) is 11.3 Å². The van der Waals surface area contributed by atoms with Crippen LogP contribution in [0.15, 0.2) is 28.7 Å². The van der Waals surface area contributed by atoms with E-state index in [1.807, 2.05) is 38.1 Å². The zero-order valence-electron chi connectivity index (χ0n) is 15.6. The SMILES string of the molecule is Cc1c([C@@H](C)NC(=O)NC2CCOC3(CCCC3)C2)oc2ccccc12. The maximum Gasteiger partial charge on any atom is 0.315 e. The van der Waals surface area contributed by atoms with Crippen LogP contribution >= 0.6 is 0 Å². The molecule has 2 amide bonds. The number of benzene rings is 1. The van der Waals surface area contributed by atoms with Crippen molar-refractivity contribution in [3.8, 4) is 0 Å². The highest BCUT2D eigenvalue weighted by Gasteiger charge is 2.40. The van der Waals surface area contributed by atoms with E-state index in [9.17, 15) is 4.79 Å². The van der Waals surface area contributed by atoms with Crippen molar-refractivity contribution in [2.45, 2.75) is 70.1 Å². The molecule has 2 heterocycles. The molecule has 140 valence electrons. The summed E-state index contributed by atoms with van der Waals surface area (Å²) in [5, 5.41) is 7.29. The third-order valence-electron chi connectivity index (χ3n) is 5.96. The lowest BCUT2D eigenvalue weighted by atomic mass is 9.89. The molecule has 2 aliphatic rings. The van der Waals surface area contributed by atoms with E-state index < -0.39 is 0 Å². The molecule has 4 rings (SSSR count). The number of carbonyl (C=O) groups excluding carboxylic acids is 1. The van der Waals surface area contributed by atoms with Crippen LogP contribution in [0.4, 0.5) is 4.79 Å². The largest absolute Gasteiger partial charge is 0.459 e. The number of rotatable bonds is 3. The molecule has 5 heteroatoms. The van der Waals surface area contributed by atoms with Crippen molar-refractivity contribution in [1.29, 1.82) is 0 Å². The van der Waals surface area contributed by atoms with Gasteiger partial charge in [0.25, 0.3) is 0 Å². The van der Waals surface area contributed by atoms with Crippen molar-refractivity contribution in [3.05, 3.63) is 35.6 Å². The van der Waals surface area contributed by atoms with Crippen LogP contribution in [0.25, 0.3) is 11.0 Å². The van der Waals surface area contributed by atoms with Gasteiger partial charge in [0.2, 0.25) is 0 Å². The summed E-state index contributed by atoms with van der Waals surface area (Å²) in [5.41, 5.74) is 1.96. The second-order valence-corrected chi connectivity index (χ2v) is 7.86. The molecule has 0 radical (unpaired) electrons. The Kier molecular flexibility index (Phi) is 4.65. The number of para-hydroxylation sites is 1. The van der Waals surface area contributed by atoms with Gasteiger partial charge in [-0.25, -0.2) is 4.79 Å². The highest BCUT2D eigenvalue weighted by molar-refractivity contribution is 5.82. The fourth-order valence-electron chi connectivity index (χ4n) is 4.61. The van der Waals surface area contributed by atoms with Gasteiger partial charge in [0.15, 0.2) is 0 Å². The third kappa shape index (κ3) is 3.32. The van der Waals surface area contributed by atoms with Gasteiger partial charge in [-0.3, -0.25) is 0 Å². The molecule has 1 unspecified atom stereocenters. The van der Waals surface area contributed by atoms with E-state index >= 15 is 0 Å². The van der Waals surface area contributed by atoms with E-state index in [1.165, 1.54) is 12.8 Å². The Hall–Kier alpha value is -2.01. The number of amides is 2. The smallest absolute Gasteiger partial charge is 0.315 e. The minimum atomic E-state index is -0.178. The number of fused-ring (bicyclic) bond motifs is 1. The number of carbonyl (C=O) groups is 1. The molecule has 1 aliphatic carbocycles. The van der Waals surface area contributed by atoms with Gasteiger partial charge in [0.05, 0.1) is 11.6 Å². The van der Waals surface area contributed by atoms with Crippen molar-refractivity contribution >= 4 is 17.0 Å². The summed E-state index contributed by atoms with van der Waals surface area (Å²) in [5.74, 6) is 0.820. The zero-order valence-corrected chi connectivity index (χ0v) is 15.6. The first-order chi connectivity index (χ1) is 12.6. The quantitative estimate of drug-likeness (QED) is 0.845. The van der Waals surface area contributed by atoms with Gasteiger partial charge < -0.3 is 19.8 Å². The molecule has 1 aromatic heterocycles. The number of hydrogen-bond acceptors (Lipinski definition) is 3. The molecule has 1 saturated heterocycles. The highest BCUT2D eigenvalue weighted by Crippen LogP contribution is 2.40. The highest BCUT2D eigenvalue weighted by atomic mass is 16.5. The molecule has 0 bridgehead atoms. The average Bonchev–Trinajstić information content (AvgIpc) is 3.20. The lowest BCUT2D eigenvalue weighted by molar-refractivity contribution is -0.0820. The van der Waals surface area contributed by atoms with Crippen molar-refractivity contribution in [2.75, 3.05) is 6.61 Å². The van der Waals surface area contributed by atoms with Crippen LogP contribution in [0.2, 0.25) is 0 Å². The monoisotopic (exact) mass is 356 g/mol. The van der Waals surface area contributed by atoms with Crippen LogP contribution in [0.1, 0.15) is 62.8 Å². The minimum absolute atomic E-state index is 0.0110. The fourth-order valence-corrected chi connectivity index (χ4v) is 4.61. The van der Waals surface area contributed by atoms with Gasteiger partial charge in [-0.1, -0.05) is 31.0 Å². The Bertz CT molecular complexity index is 792. The first kappa shape index (κ1) is 17.4. The zero-order chi connectivity index (χ0) is 18.1. The standard InChI is InChI=1S/C21H28N2O3/c1-14-17-7-3-4-8-18(17)26-19(14)15(2)22-20(24)23-16-9-12-25-21(13-16)10-5-6-11-21/h3-4,7-8,15-16H,5-6,9-13H2,1-2H3,(H2,22,23,24)/t15-,16?/m1/s1. The molecule has 1 spiro atoms. The van der Waals surface area contributed by atoms with Crippen molar-refractivity contribution in [3.63, 3.8) is 0 Å². The van der Waals surface area contributed by atoms with E-state index in [2.05, 4.69) is 10.6 Å². The van der Waals surface area contributed by atoms with Gasteiger partial charge in [0, 0.05) is 23.6 Å². The molecule has 2 aromatic rings. The van der Waals surface area contributed by atoms with Crippen LogP contribution in [0.3, 0.4) is 0 Å². The number of nitrogens with one attached hydrogen (secondary N) is 2. The van der Waals surface area contributed by atoms with Crippen molar-refractivity contribution < 1.29 is 13.9 Å². The summed E-state index contributed by atoms with van der Waals surface area (Å²) < 4.78 is 12.0. The van der Waals surface area contributed by atoms with Crippen LogP contribution in [-0.2, 0) is 4.74 Å². The maximum absolute atomic E-state index is 12.5. The van der Waals surface area contributed by atoms with Crippen molar-refractivity contribution in [2.24, 2.45) is 0 Å². The predicted octanol–water partition coefficient (Wildman–Crippen LogP) is 4.59. The molecule has 1 saturated carbocycles. The normalized spacial score (nSPS) is 23.2. The van der Waals surface area contributed by atoms with Crippen LogP contribution in [-0.4, -0.2) is 24.3 Å². The molecule has 2 fully saturated rings. The van der Waals surface area contributed by atoms with E-state index in [-0.39, 0.29) is 23.7 Å². The molecule has 1 aliphatic heterocycles. The first-order valence-corrected chi connectivity index (χ1v) is 9.75. The summed E-state index contributed by atoms with van der Waals surface area (Å²) in [7, 11) is 0. The number of furan rings is 1. The molecular weight excluding hydrogens is 328 g/mol. The number of urea groups is 1. The summed E-state index contributed by atoms with van der Waals surface area (Å²) in [6.07, 6.45) is 6.54. The Morgan fingerprint density at radius 2 is 2.04 bits per heavy atom. The van der Waals surface area contributed by atoms with Gasteiger partial charge in [-0.15, -0.1) is 0 Å². The predicted molar refractivity (Wildman–Crippen MR) is 101 cm³/mol.